The van der Waals surface area contributed by atoms with Gasteiger partial charge in [-0.2, -0.15) is 0 Å². The Morgan fingerprint density at radius 1 is 0.939 bits per heavy atom. The highest BCUT2D eigenvalue weighted by molar-refractivity contribution is 7.80. The van der Waals surface area contributed by atoms with Crippen LogP contribution in [0.1, 0.15) is 23.5 Å². The number of aromatic nitrogens is 3. The van der Waals surface area contributed by atoms with Crippen LogP contribution in [0.3, 0.4) is 0 Å². The molecule has 0 radical (unpaired) electrons. The molecule has 0 saturated carbocycles. The Balaban J connectivity index is 1.70. The van der Waals surface area contributed by atoms with E-state index in [1.165, 1.54) is 0 Å². The van der Waals surface area contributed by atoms with Gasteiger partial charge in [0.1, 0.15) is 17.5 Å². The van der Waals surface area contributed by atoms with Gasteiger partial charge in [-0.1, -0.05) is 6.07 Å². The lowest BCUT2D eigenvalue weighted by Gasteiger charge is -2.30. The summed E-state index contributed by atoms with van der Waals surface area (Å²) in [6.45, 7) is 0. The average molecular weight is 458 g/mol. The van der Waals surface area contributed by atoms with Crippen LogP contribution in [-0.4, -0.2) is 33.9 Å². The monoisotopic (exact) mass is 457 g/mol. The summed E-state index contributed by atoms with van der Waals surface area (Å²) in [5, 5.41) is 4.09. The molecule has 1 saturated heterocycles. The summed E-state index contributed by atoms with van der Waals surface area (Å²) in [5.41, 5.74) is 3.78. The molecule has 4 aromatic rings. The van der Waals surface area contributed by atoms with Crippen molar-refractivity contribution in [3.8, 4) is 17.2 Å². The third-order valence-electron chi connectivity index (χ3n) is 5.77. The molecule has 5 rings (SSSR count). The maximum atomic E-state index is 5.87. The Morgan fingerprint density at radius 3 is 2.52 bits per heavy atom. The van der Waals surface area contributed by atoms with Gasteiger partial charge in [0.05, 0.1) is 31.6 Å². The lowest BCUT2D eigenvalue weighted by molar-refractivity contribution is 0.402. The number of benzene rings is 1. The average Bonchev–Trinajstić information content (AvgIpc) is 3.49. The molecule has 0 spiro atoms. The maximum absolute atomic E-state index is 5.87. The van der Waals surface area contributed by atoms with E-state index in [1.807, 2.05) is 60.8 Å². The van der Waals surface area contributed by atoms with E-state index in [2.05, 4.69) is 30.8 Å². The van der Waals surface area contributed by atoms with Gasteiger partial charge in [0.15, 0.2) is 5.11 Å². The largest absolute Gasteiger partial charge is 0.497 e. The van der Waals surface area contributed by atoms with Crippen LogP contribution < -0.4 is 19.7 Å². The Bertz CT molecular complexity index is 1260. The molecule has 0 unspecified atom stereocenters. The lowest BCUT2D eigenvalue weighted by atomic mass is 10.0. The highest BCUT2D eigenvalue weighted by Crippen LogP contribution is 2.45. The van der Waals surface area contributed by atoms with Crippen LogP contribution in [0.5, 0.6) is 11.5 Å². The van der Waals surface area contributed by atoms with E-state index < -0.39 is 0 Å². The van der Waals surface area contributed by atoms with Gasteiger partial charge in [-0.25, -0.2) is 0 Å². The summed E-state index contributed by atoms with van der Waals surface area (Å²) in [6.07, 6.45) is 7.42. The van der Waals surface area contributed by atoms with Gasteiger partial charge in [0, 0.05) is 42.2 Å². The molecule has 8 heteroatoms. The van der Waals surface area contributed by atoms with E-state index >= 15 is 0 Å². The molecule has 0 amide bonds. The topological polar surface area (TPSA) is 64.4 Å². The minimum atomic E-state index is -0.198. The Morgan fingerprint density at radius 2 is 1.79 bits per heavy atom. The van der Waals surface area contributed by atoms with Crippen molar-refractivity contribution >= 4 is 23.0 Å². The molecule has 7 nitrogen and oxygen atoms in total. The molecule has 166 valence electrons. The molecule has 0 bridgehead atoms. The second-order valence-electron chi connectivity index (χ2n) is 7.54. The molecule has 1 N–H and O–H groups in total. The van der Waals surface area contributed by atoms with Crippen molar-refractivity contribution in [2.45, 2.75) is 12.1 Å². The number of hydrogen-bond acceptors (Lipinski definition) is 5. The molecule has 33 heavy (non-hydrogen) atoms. The molecule has 3 aromatic heterocycles. The van der Waals surface area contributed by atoms with E-state index in [0.29, 0.717) is 10.9 Å². The van der Waals surface area contributed by atoms with Crippen LogP contribution in [-0.2, 0) is 0 Å². The van der Waals surface area contributed by atoms with Crippen LogP contribution in [0, 0.1) is 0 Å². The lowest BCUT2D eigenvalue weighted by Crippen LogP contribution is -2.30. The van der Waals surface area contributed by atoms with Crippen molar-refractivity contribution in [2.24, 2.45) is 0 Å². The van der Waals surface area contributed by atoms with E-state index in [9.17, 15) is 0 Å². The number of methoxy groups -OCH3 is 2. The minimum Gasteiger partial charge on any atom is -0.497 e. The second-order valence-corrected chi connectivity index (χ2v) is 7.93. The molecule has 1 aliphatic rings. The molecular weight excluding hydrogens is 434 g/mol. The van der Waals surface area contributed by atoms with Gasteiger partial charge >= 0.3 is 0 Å². The fourth-order valence-electron chi connectivity index (χ4n) is 4.27. The van der Waals surface area contributed by atoms with Crippen molar-refractivity contribution in [1.82, 2.24) is 19.9 Å². The van der Waals surface area contributed by atoms with Crippen molar-refractivity contribution in [3.05, 3.63) is 96.8 Å². The zero-order valence-electron chi connectivity index (χ0n) is 18.3. The second kappa shape index (κ2) is 8.91. The Hall–Kier alpha value is -3.91. The highest BCUT2D eigenvalue weighted by Gasteiger charge is 2.43. The first-order valence-corrected chi connectivity index (χ1v) is 10.9. The number of nitrogens with zero attached hydrogens (tertiary/aromatic N) is 4. The maximum Gasteiger partial charge on any atom is 0.174 e. The predicted octanol–water partition coefficient (Wildman–Crippen LogP) is 4.46. The van der Waals surface area contributed by atoms with Gasteiger partial charge in [-0.3, -0.25) is 9.97 Å². The Labute approximate surface area is 197 Å². The first-order valence-electron chi connectivity index (χ1n) is 10.5. The summed E-state index contributed by atoms with van der Waals surface area (Å²) in [4.78, 5) is 10.9. The smallest absolute Gasteiger partial charge is 0.174 e. The third-order valence-corrected chi connectivity index (χ3v) is 6.08. The molecule has 4 heterocycles. The quantitative estimate of drug-likeness (QED) is 0.429. The normalized spacial score (nSPS) is 17.6. The summed E-state index contributed by atoms with van der Waals surface area (Å²) in [5.74, 6) is 1.42. The summed E-state index contributed by atoms with van der Waals surface area (Å²) in [6, 6.07) is 19.4. The van der Waals surface area contributed by atoms with Crippen molar-refractivity contribution in [2.75, 3.05) is 19.1 Å². The third kappa shape index (κ3) is 3.78. The summed E-state index contributed by atoms with van der Waals surface area (Å²) in [7, 11) is 3.30. The number of anilines is 1. The number of hydrogen-bond donors (Lipinski definition) is 1. The first kappa shape index (κ1) is 21.0. The van der Waals surface area contributed by atoms with E-state index in [4.69, 9.17) is 21.7 Å². The fourth-order valence-corrected chi connectivity index (χ4v) is 4.61. The molecule has 1 fully saturated rings. The predicted molar refractivity (Wildman–Crippen MR) is 131 cm³/mol. The number of rotatable bonds is 6. The van der Waals surface area contributed by atoms with Crippen LogP contribution in [0.25, 0.3) is 5.69 Å². The van der Waals surface area contributed by atoms with E-state index in [1.54, 1.807) is 32.8 Å². The Kier molecular flexibility index (Phi) is 5.66. The number of thiocarbonyl (C=S) groups is 1. The van der Waals surface area contributed by atoms with Gasteiger partial charge in [-0.05, 0) is 60.7 Å². The number of pyridine rings is 2. The van der Waals surface area contributed by atoms with Crippen LogP contribution in [0.4, 0.5) is 5.69 Å². The van der Waals surface area contributed by atoms with Crippen molar-refractivity contribution in [3.63, 3.8) is 0 Å². The van der Waals surface area contributed by atoms with Crippen molar-refractivity contribution < 1.29 is 9.47 Å². The highest BCUT2D eigenvalue weighted by atomic mass is 32.1. The minimum absolute atomic E-state index is 0.176. The van der Waals surface area contributed by atoms with Gasteiger partial charge in [0.2, 0.25) is 0 Å². The zero-order valence-corrected chi connectivity index (χ0v) is 19.1. The van der Waals surface area contributed by atoms with Gasteiger partial charge in [0.25, 0.3) is 0 Å². The van der Waals surface area contributed by atoms with Crippen LogP contribution in [0.2, 0.25) is 0 Å². The summed E-state index contributed by atoms with van der Waals surface area (Å²) < 4.78 is 13.4. The number of ether oxygens (including phenoxy) is 2. The van der Waals surface area contributed by atoms with Crippen LogP contribution in [0.15, 0.2) is 85.5 Å². The molecule has 0 aliphatic carbocycles. The van der Waals surface area contributed by atoms with Crippen LogP contribution >= 0.6 is 12.2 Å². The van der Waals surface area contributed by atoms with Gasteiger partial charge in [-0.15, -0.1) is 0 Å². The SMILES string of the molecule is COc1ccc(OC)c(N2C(=S)N[C@@H](c3ccccn3)[C@H]2c2cccn2-c2ccncc2)c1. The molecule has 1 aliphatic heterocycles. The standard InChI is InChI=1S/C25H23N5O2S/c1-31-18-8-9-22(32-2)21(16-18)30-24(23(28-25(30)33)19-6-3-4-12-27-19)20-7-5-15-29(20)17-10-13-26-14-11-17/h3-16,23-24H,1-2H3,(H,28,33)/t23-,24+/m0/s1. The summed E-state index contributed by atoms with van der Waals surface area (Å²) >= 11 is 5.87. The van der Waals surface area contributed by atoms with E-state index in [-0.39, 0.29) is 12.1 Å². The first-order chi connectivity index (χ1) is 16.2. The van der Waals surface area contributed by atoms with Crippen molar-refractivity contribution in [1.29, 1.82) is 0 Å². The number of nitrogens with one attached hydrogen (secondary N) is 1. The zero-order chi connectivity index (χ0) is 22.8. The molecule has 2 atom stereocenters. The molecular formula is C25H23N5O2S. The molecule has 1 aromatic carbocycles. The fraction of sp³-hybridized carbons (Fsp3) is 0.160. The van der Waals surface area contributed by atoms with Gasteiger partial charge < -0.3 is 24.3 Å². The van der Waals surface area contributed by atoms with E-state index in [0.717, 1.165) is 28.5 Å².